The molecule has 2 saturated carbocycles. The van der Waals surface area contributed by atoms with Crippen LogP contribution in [0.4, 0.5) is 18.0 Å². The minimum atomic E-state index is -4.32. The number of hydrogen-bond acceptors (Lipinski definition) is 4. The number of rotatable bonds is 5. The molecule has 3 saturated heterocycles. The summed E-state index contributed by atoms with van der Waals surface area (Å²) in [6.07, 6.45) is 7.19. The highest BCUT2D eigenvalue weighted by Crippen LogP contribution is 2.39. The van der Waals surface area contributed by atoms with Crippen LogP contribution in [0.5, 0.6) is 0 Å². The molecule has 2 atom stereocenters. The Morgan fingerprint density at radius 1 is 0.902 bits per heavy atom. The van der Waals surface area contributed by atoms with Crippen molar-refractivity contribution in [3.05, 3.63) is 35.4 Å². The molecule has 3 heterocycles. The Hall–Kier alpha value is -2.29. The second-order valence-corrected chi connectivity index (χ2v) is 13.5. The fourth-order valence-corrected chi connectivity index (χ4v) is 8.23. The topological polar surface area (TPSA) is 53.1 Å². The summed E-state index contributed by atoms with van der Waals surface area (Å²) in [5, 5.41) is 0. The first-order chi connectivity index (χ1) is 19.7. The monoisotopic (exact) mass is 575 g/mol. The van der Waals surface area contributed by atoms with Crippen molar-refractivity contribution >= 4 is 12.0 Å². The van der Waals surface area contributed by atoms with E-state index < -0.39 is 17.3 Å². The number of piperidine rings is 2. The van der Waals surface area contributed by atoms with Gasteiger partial charge in [-0.3, -0.25) is 9.69 Å². The van der Waals surface area contributed by atoms with E-state index in [1.807, 2.05) is 4.90 Å². The van der Waals surface area contributed by atoms with Crippen LogP contribution in [-0.2, 0) is 22.3 Å². The number of alkyl halides is 3. The third-order valence-electron chi connectivity index (χ3n) is 10.8. The summed E-state index contributed by atoms with van der Waals surface area (Å²) in [6, 6.07) is 5.37. The number of carbonyl (C=O) groups excluding carboxylic acids is 2. The molecule has 2 aliphatic carbocycles. The van der Waals surface area contributed by atoms with Gasteiger partial charge in [-0.1, -0.05) is 31.4 Å². The van der Waals surface area contributed by atoms with Gasteiger partial charge in [0.15, 0.2) is 0 Å². The lowest BCUT2D eigenvalue weighted by Gasteiger charge is -2.43. The Morgan fingerprint density at radius 3 is 2.27 bits per heavy atom. The molecule has 0 radical (unpaired) electrons. The predicted octanol–water partition coefficient (Wildman–Crippen LogP) is 6.34. The highest BCUT2D eigenvalue weighted by molar-refractivity contribution is 5.79. The maximum absolute atomic E-state index is 13.3. The van der Waals surface area contributed by atoms with E-state index in [9.17, 15) is 22.8 Å². The normalized spacial score (nSPS) is 30.8. The van der Waals surface area contributed by atoms with E-state index in [4.69, 9.17) is 4.74 Å². The molecule has 2 unspecified atom stereocenters. The van der Waals surface area contributed by atoms with Gasteiger partial charge in [0.25, 0.3) is 0 Å². The molecule has 2 amide bonds. The average Bonchev–Trinajstić information content (AvgIpc) is 3.27. The van der Waals surface area contributed by atoms with Crippen LogP contribution in [-0.4, -0.2) is 71.6 Å². The third kappa shape index (κ3) is 6.55. The summed E-state index contributed by atoms with van der Waals surface area (Å²) in [7, 11) is 0. The molecule has 1 aromatic rings. The first-order valence-electron chi connectivity index (χ1n) is 15.8. The third-order valence-corrected chi connectivity index (χ3v) is 10.8. The maximum Gasteiger partial charge on any atom is 0.416 e. The Morgan fingerprint density at radius 2 is 1.59 bits per heavy atom. The van der Waals surface area contributed by atoms with Gasteiger partial charge in [0.05, 0.1) is 12.1 Å². The van der Waals surface area contributed by atoms with E-state index in [0.29, 0.717) is 37.4 Å². The zero-order chi connectivity index (χ0) is 28.6. The number of hydrogen-bond donors (Lipinski definition) is 0. The second kappa shape index (κ2) is 11.8. The average molecular weight is 576 g/mol. The zero-order valence-corrected chi connectivity index (χ0v) is 24.0. The number of benzene rings is 1. The van der Waals surface area contributed by atoms with Crippen LogP contribution in [0.25, 0.3) is 0 Å². The highest BCUT2D eigenvalue weighted by Gasteiger charge is 2.47. The molecule has 0 aromatic heterocycles. The molecular weight excluding hydrogens is 531 g/mol. The summed E-state index contributed by atoms with van der Waals surface area (Å²) in [4.78, 5) is 32.4. The SMILES string of the molecule is O=C1OC2(CCN(Cc3ccc(C(F)(F)F)cc3)CC2)CN1CC1CCC(C(=O)N2CCC3CCCCC3C2)CC1. The van der Waals surface area contributed by atoms with Crippen LogP contribution in [0, 0.1) is 23.7 Å². The lowest BCUT2D eigenvalue weighted by molar-refractivity contribution is -0.140. The van der Waals surface area contributed by atoms with E-state index in [1.54, 1.807) is 12.1 Å². The van der Waals surface area contributed by atoms with Crippen LogP contribution in [0.2, 0.25) is 0 Å². The van der Waals surface area contributed by atoms with Crippen LogP contribution >= 0.6 is 0 Å². The highest BCUT2D eigenvalue weighted by atomic mass is 19.4. The van der Waals surface area contributed by atoms with Crippen LogP contribution in [0.15, 0.2) is 24.3 Å². The number of nitrogens with zero attached hydrogens (tertiary/aromatic N) is 3. The Balaban J connectivity index is 0.936. The molecule has 6 rings (SSSR count). The number of fused-ring (bicyclic) bond motifs is 1. The minimum Gasteiger partial charge on any atom is -0.441 e. The van der Waals surface area contributed by atoms with Gasteiger partial charge in [0, 0.05) is 58.0 Å². The summed E-state index contributed by atoms with van der Waals surface area (Å²) < 4.78 is 44.5. The lowest BCUT2D eigenvalue weighted by atomic mass is 9.74. The summed E-state index contributed by atoms with van der Waals surface area (Å²) >= 11 is 0. The second-order valence-electron chi connectivity index (χ2n) is 13.5. The van der Waals surface area contributed by atoms with Gasteiger partial charge in [0.1, 0.15) is 5.60 Å². The Bertz CT molecular complexity index is 1080. The molecule has 5 fully saturated rings. The summed E-state index contributed by atoms with van der Waals surface area (Å²) in [5.41, 5.74) is -0.241. The molecule has 5 aliphatic rings. The largest absolute Gasteiger partial charge is 0.441 e. The van der Waals surface area contributed by atoms with Gasteiger partial charge >= 0.3 is 12.3 Å². The van der Waals surface area contributed by atoms with E-state index in [1.165, 1.54) is 32.1 Å². The molecule has 1 aromatic carbocycles. The van der Waals surface area contributed by atoms with Crippen LogP contribution in [0.1, 0.15) is 81.8 Å². The molecule has 9 heteroatoms. The molecule has 0 N–H and O–H groups in total. The van der Waals surface area contributed by atoms with Gasteiger partial charge in [0.2, 0.25) is 5.91 Å². The van der Waals surface area contributed by atoms with E-state index in [2.05, 4.69) is 9.80 Å². The van der Waals surface area contributed by atoms with Gasteiger partial charge in [-0.25, -0.2) is 4.79 Å². The van der Waals surface area contributed by atoms with Gasteiger partial charge < -0.3 is 14.5 Å². The minimum absolute atomic E-state index is 0.136. The molecule has 41 heavy (non-hydrogen) atoms. The predicted molar refractivity (Wildman–Crippen MR) is 149 cm³/mol. The quantitative estimate of drug-likeness (QED) is 0.411. The van der Waals surface area contributed by atoms with E-state index in [-0.39, 0.29) is 12.0 Å². The van der Waals surface area contributed by atoms with Crippen molar-refractivity contribution in [2.75, 3.05) is 39.3 Å². The first kappa shape index (κ1) is 28.8. The number of amides is 2. The van der Waals surface area contributed by atoms with Gasteiger partial charge in [-0.05, 0) is 74.0 Å². The number of halogens is 3. The van der Waals surface area contributed by atoms with Crippen molar-refractivity contribution in [2.45, 2.75) is 89.0 Å². The van der Waals surface area contributed by atoms with Crippen LogP contribution < -0.4 is 0 Å². The van der Waals surface area contributed by atoms with Crippen molar-refractivity contribution in [3.8, 4) is 0 Å². The van der Waals surface area contributed by atoms with Crippen molar-refractivity contribution in [1.82, 2.24) is 14.7 Å². The Labute approximate surface area is 241 Å². The number of ether oxygens (including phenoxy) is 1. The van der Waals surface area contributed by atoms with E-state index in [0.717, 1.165) is 88.3 Å². The van der Waals surface area contributed by atoms with Crippen LogP contribution in [0.3, 0.4) is 0 Å². The fourth-order valence-electron chi connectivity index (χ4n) is 8.23. The van der Waals surface area contributed by atoms with Crippen molar-refractivity contribution in [3.63, 3.8) is 0 Å². The molecule has 3 aliphatic heterocycles. The van der Waals surface area contributed by atoms with Crippen molar-refractivity contribution in [2.24, 2.45) is 23.7 Å². The first-order valence-corrected chi connectivity index (χ1v) is 15.8. The number of carbonyl (C=O) groups is 2. The van der Waals surface area contributed by atoms with Crippen molar-refractivity contribution in [1.29, 1.82) is 0 Å². The molecular formula is C32H44F3N3O3. The molecule has 226 valence electrons. The molecule has 6 nitrogen and oxygen atoms in total. The smallest absolute Gasteiger partial charge is 0.416 e. The fraction of sp³-hybridized carbons (Fsp3) is 0.750. The van der Waals surface area contributed by atoms with Gasteiger partial charge in [-0.15, -0.1) is 0 Å². The van der Waals surface area contributed by atoms with Crippen molar-refractivity contribution < 1.29 is 27.5 Å². The Kier molecular flexibility index (Phi) is 8.27. The molecule has 0 bridgehead atoms. The number of likely N-dealkylation sites (tertiary alicyclic amines) is 2. The van der Waals surface area contributed by atoms with E-state index >= 15 is 0 Å². The standard InChI is InChI=1S/C32H44F3N3O3/c33-32(34,35)28-11-7-23(8-12-28)19-36-17-14-31(15-18-36)22-38(30(40)41-31)20-24-5-9-26(10-6-24)29(39)37-16-13-25-3-1-2-4-27(25)21-37/h7-8,11-12,24-27H,1-6,9-10,13-22H2. The lowest BCUT2D eigenvalue weighted by Crippen LogP contribution is -2.48. The summed E-state index contributed by atoms with van der Waals surface area (Å²) in [6.45, 7) is 5.28. The zero-order valence-electron chi connectivity index (χ0n) is 24.0. The summed E-state index contributed by atoms with van der Waals surface area (Å²) in [5.74, 6) is 2.46. The van der Waals surface area contributed by atoms with Gasteiger partial charge in [-0.2, -0.15) is 13.2 Å². The maximum atomic E-state index is 13.3. The molecule has 1 spiro atoms.